The molecule has 1 atom stereocenters. The van der Waals surface area contributed by atoms with Crippen molar-refractivity contribution in [3.63, 3.8) is 0 Å². The quantitative estimate of drug-likeness (QED) is 0.724. The van der Waals surface area contributed by atoms with Gasteiger partial charge in [0.05, 0.1) is 24.2 Å². The van der Waals surface area contributed by atoms with Crippen molar-refractivity contribution in [2.75, 3.05) is 13.7 Å². The Labute approximate surface area is 164 Å². The molecule has 1 saturated heterocycles. The summed E-state index contributed by atoms with van der Waals surface area (Å²) in [6.07, 6.45) is 3.95. The Morgan fingerprint density at radius 1 is 1.29 bits per heavy atom. The summed E-state index contributed by atoms with van der Waals surface area (Å²) in [4.78, 5) is 23.2. The lowest BCUT2D eigenvalue weighted by Crippen LogP contribution is -2.39. The van der Waals surface area contributed by atoms with Crippen LogP contribution in [0.1, 0.15) is 54.4 Å². The molecule has 1 amide bonds. The van der Waals surface area contributed by atoms with Gasteiger partial charge in [0.25, 0.3) is 5.88 Å². The SMILES string of the molecule is COc1cc(CCC(=O)N2CCCCC2c2nc3cc(C)c(C)cc3[nH]2)on1. The van der Waals surface area contributed by atoms with Gasteiger partial charge in [0.1, 0.15) is 11.6 Å². The molecule has 28 heavy (non-hydrogen) atoms. The Morgan fingerprint density at radius 3 is 2.89 bits per heavy atom. The van der Waals surface area contributed by atoms with Crippen LogP contribution < -0.4 is 4.74 Å². The largest absolute Gasteiger partial charge is 0.479 e. The van der Waals surface area contributed by atoms with Crippen molar-refractivity contribution in [1.82, 2.24) is 20.0 Å². The topological polar surface area (TPSA) is 84.2 Å². The van der Waals surface area contributed by atoms with Crippen molar-refractivity contribution in [3.8, 4) is 5.88 Å². The van der Waals surface area contributed by atoms with E-state index in [4.69, 9.17) is 14.2 Å². The highest BCUT2D eigenvalue weighted by atomic mass is 16.5. The fourth-order valence-corrected chi connectivity index (χ4v) is 3.84. The predicted molar refractivity (Wildman–Crippen MR) is 105 cm³/mol. The number of carbonyl (C=O) groups excluding carboxylic acids is 1. The zero-order valence-electron chi connectivity index (χ0n) is 16.6. The standard InChI is InChI=1S/C21H26N4O3/c1-13-10-16-17(11-14(13)2)23-21(22-16)18-6-4-5-9-25(18)20(26)8-7-15-12-19(27-3)24-28-15/h10-12,18H,4-9H2,1-3H3,(H,22,23). The molecule has 1 unspecified atom stereocenters. The molecule has 3 aromatic rings. The molecule has 7 nitrogen and oxygen atoms in total. The van der Waals surface area contributed by atoms with E-state index in [1.165, 1.54) is 11.1 Å². The number of hydrogen-bond donors (Lipinski definition) is 1. The Morgan fingerprint density at radius 2 is 2.11 bits per heavy atom. The van der Waals surface area contributed by atoms with Crippen LogP contribution in [0, 0.1) is 13.8 Å². The van der Waals surface area contributed by atoms with Crippen molar-refractivity contribution >= 4 is 16.9 Å². The van der Waals surface area contributed by atoms with Gasteiger partial charge < -0.3 is 19.1 Å². The number of hydrogen-bond acceptors (Lipinski definition) is 5. The smallest absolute Gasteiger partial charge is 0.254 e. The highest BCUT2D eigenvalue weighted by molar-refractivity contribution is 5.79. The van der Waals surface area contributed by atoms with Gasteiger partial charge in [-0.25, -0.2) is 4.98 Å². The van der Waals surface area contributed by atoms with Crippen LogP contribution in [0.15, 0.2) is 22.7 Å². The first-order valence-electron chi connectivity index (χ1n) is 9.81. The third-order valence-corrected chi connectivity index (χ3v) is 5.59. The molecule has 0 spiro atoms. The van der Waals surface area contributed by atoms with E-state index in [0.29, 0.717) is 24.5 Å². The molecule has 1 N–H and O–H groups in total. The number of likely N-dealkylation sites (tertiary alicyclic amines) is 1. The fourth-order valence-electron chi connectivity index (χ4n) is 3.84. The monoisotopic (exact) mass is 382 g/mol. The number of carbonyl (C=O) groups is 1. The highest BCUT2D eigenvalue weighted by Crippen LogP contribution is 2.31. The van der Waals surface area contributed by atoms with Crippen molar-refractivity contribution in [2.24, 2.45) is 0 Å². The number of methoxy groups -OCH3 is 1. The average Bonchev–Trinajstić information content (AvgIpc) is 3.33. The third kappa shape index (κ3) is 3.61. The van der Waals surface area contributed by atoms with Gasteiger partial charge in [-0.15, -0.1) is 0 Å². The molecule has 1 aliphatic rings. The zero-order valence-corrected chi connectivity index (χ0v) is 16.6. The summed E-state index contributed by atoms with van der Waals surface area (Å²) in [5, 5.41) is 3.79. The lowest BCUT2D eigenvalue weighted by molar-refractivity contribution is -0.135. The second-order valence-corrected chi connectivity index (χ2v) is 7.51. The normalized spacial score (nSPS) is 17.2. The van der Waals surface area contributed by atoms with Crippen LogP contribution >= 0.6 is 0 Å². The van der Waals surface area contributed by atoms with Gasteiger partial charge >= 0.3 is 0 Å². The minimum Gasteiger partial charge on any atom is -0.479 e. The molecular weight excluding hydrogens is 356 g/mol. The Hall–Kier alpha value is -2.83. The Kier molecular flexibility index (Phi) is 5.07. The summed E-state index contributed by atoms with van der Waals surface area (Å²) in [7, 11) is 1.54. The van der Waals surface area contributed by atoms with Crippen LogP contribution in [0.4, 0.5) is 0 Å². The van der Waals surface area contributed by atoms with E-state index in [1.807, 2.05) is 4.90 Å². The molecule has 4 rings (SSSR count). The molecule has 148 valence electrons. The molecule has 2 aromatic heterocycles. The summed E-state index contributed by atoms with van der Waals surface area (Å²) in [5.74, 6) is 2.10. The number of imidazole rings is 1. The van der Waals surface area contributed by atoms with Crippen molar-refractivity contribution in [2.45, 2.75) is 52.0 Å². The van der Waals surface area contributed by atoms with E-state index >= 15 is 0 Å². The Balaban J connectivity index is 1.51. The maximum Gasteiger partial charge on any atom is 0.254 e. The van der Waals surface area contributed by atoms with E-state index in [0.717, 1.165) is 42.7 Å². The van der Waals surface area contributed by atoms with Gasteiger partial charge in [-0.05, 0) is 61.5 Å². The summed E-state index contributed by atoms with van der Waals surface area (Å²) >= 11 is 0. The van der Waals surface area contributed by atoms with Crippen molar-refractivity contribution in [1.29, 1.82) is 0 Å². The van der Waals surface area contributed by atoms with E-state index < -0.39 is 0 Å². The van der Waals surface area contributed by atoms with E-state index in [1.54, 1.807) is 13.2 Å². The van der Waals surface area contributed by atoms with Crippen LogP contribution in [0.5, 0.6) is 5.88 Å². The summed E-state index contributed by atoms with van der Waals surface area (Å²) in [6, 6.07) is 5.97. The lowest BCUT2D eigenvalue weighted by Gasteiger charge is -2.34. The molecule has 1 aromatic carbocycles. The third-order valence-electron chi connectivity index (χ3n) is 5.59. The van der Waals surface area contributed by atoms with Gasteiger partial charge in [0.15, 0.2) is 0 Å². The molecule has 1 aliphatic heterocycles. The second-order valence-electron chi connectivity index (χ2n) is 7.51. The van der Waals surface area contributed by atoms with Crippen molar-refractivity contribution < 1.29 is 14.1 Å². The number of ether oxygens (including phenoxy) is 1. The first kappa shape index (κ1) is 18.5. The molecule has 0 saturated carbocycles. The number of fused-ring (bicyclic) bond motifs is 1. The van der Waals surface area contributed by atoms with Crippen LogP contribution in [0.2, 0.25) is 0 Å². The van der Waals surface area contributed by atoms with Crippen LogP contribution in [0.25, 0.3) is 11.0 Å². The predicted octanol–water partition coefficient (Wildman–Crippen LogP) is 3.86. The first-order chi connectivity index (χ1) is 13.5. The number of amides is 1. The number of piperidine rings is 1. The fraction of sp³-hybridized carbons (Fsp3) is 0.476. The number of rotatable bonds is 5. The lowest BCUT2D eigenvalue weighted by atomic mass is 10.0. The molecule has 1 fully saturated rings. The number of aryl methyl sites for hydroxylation is 3. The van der Waals surface area contributed by atoms with Crippen LogP contribution in [-0.2, 0) is 11.2 Å². The van der Waals surface area contributed by atoms with Crippen LogP contribution in [0.3, 0.4) is 0 Å². The second kappa shape index (κ2) is 7.66. The molecule has 3 heterocycles. The number of aromatic nitrogens is 3. The average molecular weight is 382 g/mol. The molecule has 7 heteroatoms. The summed E-state index contributed by atoms with van der Waals surface area (Å²) in [6.45, 7) is 4.96. The number of benzene rings is 1. The van der Waals surface area contributed by atoms with E-state index in [9.17, 15) is 4.79 Å². The molecular formula is C21H26N4O3. The molecule has 0 radical (unpaired) electrons. The number of aromatic amines is 1. The summed E-state index contributed by atoms with van der Waals surface area (Å²) < 4.78 is 10.2. The van der Waals surface area contributed by atoms with Crippen molar-refractivity contribution in [3.05, 3.63) is 40.9 Å². The zero-order chi connectivity index (χ0) is 19.7. The first-order valence-corrected chi connectivity index (χ1v) is 9.81. The van der Waals surface area contributed by atoms with Gasteiger partial charge in [0, 0.05) is 25.5 Å². The minimum absolute atomic E-state index is 0.00137. The van der Waals surface area contributed by atoms with Gasteiger partial charge in [-0.3, -0.25) is 4.79 Å². The maximum absolute atomic E-state index is 12.9. The van der Waals surface area contributed by atoms with Gasteiger partial charge in [-0.2, -0.15) is 0 Å². The maximum atomic E-state index is 12.9. The van der Waals surface area contributed by atoms with E-state index in [2.05, 4.69) is 36.1 Å². The van der Waals surface area contributed by atoms with Gasteiger partial charge in [0.2, 0.25) is 5.91 Å². The number of nitrogens with one attached hydrogen (secondary N) is 1. The number of nitrogens with zero attached hydrogens (tertiary/aromatic N) is 3. The van der Waals surface area contributed by atoms with Gasteiger partial charge in [-0.1, -0.05) is 0 Å². The van der Waals surface area contributed by atoms with E-state index in [-0.39, 0.29) is 11.9 Å². The number of H-pyrrole nitrogens is 1. The Bertz CT molecular complexity index is 952. The highest BCUT2D eigenvalue weighted by Gasteiger charge is 2.30. The molecule has 0 bridgehead atoms. The van der Waals surface area contributed by atoms with Crippen LogP contribution in [-0.4, -0.2) is 39.6 Å². The summed E-state index contributed by atoms with van der Waals surface area (Å²) in [5.41, 5.74) is 4.46. The minimum atomic E-state index is -0.00137. The molecule has 0 aliphatic carbocycles.